The summed E-state index contributed by atoms with van der Waals surface area (Å²) in [4.78, 5) is 13.0. The smallest absolute Gasteiger partial charge is 0.152 e. The van der Waals surface area contributed by atoms with Gasteiger partial charge in [0.25, 0.3) is 0 Å². The van der Waals surface area contributed by atoms with Gasteiger partial charge < -0.3 is 11.1 Å². The molecule has 29 heavy (non-hydrogen) atoms. The third kappa shape index (κ3) is 3.79. The van der Waals surface area contributed by atoms with Gasteiger partial charge in [0.1, 0.15) is 22.3 Å². The molecule has 1 aliphatic rings. The van der Waals surface area contributed by atoms with Crippen molar-refractivity contribution in [2.24, 2.45) is 10.7 Å². The molecule has 1 fully saturated rings. The molecule has 0 radical (unpaired) electrons. The number of halogens is 1. The Morgan fingerprint density at radius 1 is 1.31 bits per heavy atom. The number of nitrogens with one attached hydrogen (secondary N) is 1. The Labute approximate surface area is 171 Å². The summed E-state index contributed by atoms with van der Waals surface area (Å²) in [6.07, 6.45) is 11.2. The van der Waals surface area contributed by atoms with Gasteiger partial charge in [-0.15, -0.1) is 21.5 Å². The van der Waals surface area contributed by atoms with Crippen molar-refractivity contribution < 1.29 is 4.39 Å². The van der Waals surface area contributed by atoms with Gasteiger partial charge in [-0.3, -0.25) is 4.98 Å². The van der Waals surface area contributed by atoms with Crippen LogP contribution in [0, 0.1) is 18.3 Å². The van der Waals surface area contributed by atoms with Crippen LogP contribution in [-0.4, -0.2) is 32.5 Å². The maximum Gasteiger partial charge on any atom is 0.152 e. The summed E-state index contributed by atoms with van der Waals surface area (Å²) in [5.41, 5.74) is 6.62. The number of thiazole rings is 1. The predicted molar refractivity (Wildman–Crippen MR) is 111 cm³/mol. The molecular formula is C20H18FN7S. The van der Waals surface area contributed by atoms with Gasteiger partial charge in [0.05, 0.1) is 10.6 Å². The third-order valence-electron chi connectivity index (χ3n) is 5.01. The van der Waals surface area contributed by atoms with E-state index >= 15 is 0 Å². The zero-order chi connectivity index (χ0) is 20.3. The lowest BCUT2D eigenvalue weighted by atomic mass is 9.66. The van der Waals surface area contributed by atoms with E-state index in [1.54, 1.807) is 18.5 Å². The van der Waals surface area contributed by atoms with E-state index < -0.39 is 0 Å². The molecule has 9 heteroatoms. The molecule has 0 unspecified atom stereocenters. The summed E-state index contributed by atoms with van der Waals surface area (Å²) in [5.74, 6) is 0.597. The summed E-state index contributed by atoms with van der Waals surface area (Å²) in [6, 6.07) is 8.86. The first-order valence-corrected chi connectivity index (χ1v) is 9.87. The van der Waals surface area contributed by atoms with Crippen LogP contribution in [0.5, 0.6) is 0 Å². The molecule has 0 aliphatic heterocycles. The number of terminal acetylenes is 1. The molecule has 1 aliphatic carbocycles. The second kappa shape index (κ2) is 7.93. The predicted octanol–water partition coefficient (Wildman–Crippen LogP) is 2.96. The molecule has 0 amide bonds. The lowest BCUT2D eigenvalue weighted by Gasteiger charge is -2.41. The highest BCUT2D eigenvalue weighted by atomic mass is 32.1. The minimum Gasteiger partial charge on any atom is -0.382 e. The maximum absolute atomic E-state index is 14.2. The van der Waals surface area contributed by atoms with Gasteiger partial charge in [-0.1, -0.05) is 12.8 Å². The van der Waals surface area contributed by atoms with Crippen molar-refractivity contribution in [2.45, 2.75) is 24.7 Å². The summed E-state index contributed by atoms with van der Waals surface area (Å²) < 4.78 is 14.2. The molecule has 3 aromatic rings. The minimum absolute atomic E-state index is 0.245. The second-order valence-electron chi connectivity index (χ2n) is 6.78. The van der Waals surface area contributed by atoms with Gasteiger partial charge in [-0.25, -0.2) is 9.37 Å². The molecule has 146 valence electrons. The fraction of sp³-hybridized carbons (Fsp3) is 0.250. The van der Waals surface area contributed by atoms with Crippen LogP contribution in [0.2, 0.25) is 0 Å². The number of anilines is 1. The molecule has 0 spiro atoms. The number of hydrogen-bond donors (Lipinski definition) is 2. The lowest BCUT2D eigenvalue weighted by Crippen LogP contribution is -2.42. The largest absolute Gasteiger partial charge is 0.382 e. The van der Waals surface area contributed by atoms with Crippen LogP contribution in [-0.2, 0) is 5.41 Å². The molecule has 7 nitrogen and oxygen atoms in total. The Hall–Kier alpha value is -3.38. The maximum atomic E-state index is 14.2. The van der Waals surface area contributed by atoms with Crippen LogP contribution in [0.15, 0.2) is 41.7 Å². The lowest BCUT2D eigenvalue weighted by molar-refractivity contribution is 0.243. The van der Waals surface area contributed by atoms with Crippen molar-refractivity contribution >= 4 is 23.0 Å². The van der Waals surface area contributed by atoms with Crippen LogP contribution < -0.4 is 11.1 Å². The van der Waals surface area contributed by atoms with E-state index in [2.05, 4.69) is 36.5 Å². The van der Waals surface area contributed by atoms with E-state index in [9.17, 15) is 4.39 Å². The van der Waals surface area contributed by atoms with E-state index in [1.807, 2.05) is 12.1 Å². The number of aromatic nitrogens is 4. The fourth-order valence-corrected chi connectivity index (χ4v) is 4.10. The van der Waals surface area contributed by atoms with Crippen LogP contribution in [0.4, 0.5) is 10.2 Å². The van der Waals surface area contributed by atoms with Gasteiger partial charge in [0.2, 0.25) is 0 Å². The quantitative estimate of drug-likeness (QED) is 0.370. The summed E-state index contributed by atoms with van der Waals surface area (Å²) in [5, 5.41) is 12.4. The van der Waals surface area contributed by atoms with Crippen molar-refractivity contribution in [3.05, 3.63) is 53.0 Å². The highest BCUT2D eigenvalue weighted by Gasteiger charge is 2.41. The molecule has 0 bridgehead atoms. The molecule has 1 saturated carbocycles. The topological polar surface area (TPSA) is 102 Å². The zero-order valence-electron chi connectivity index (χ0n) is 15.5. The average molecular weight is 407 g/mol. The van der Waals surface area contributed by atoms with E-state index in [0.29, 0.717) is 33.6 Å². The molecule has 0 saturated heterocycles. The van der Waals surface area contributed by atoms with Gasteiger partial charge >= 0.3 is 0 Å². The van der Waals surface area contributed by atoms with Crippen molar-refractivity contribution in [1.29, 1.82) is 0 Å². The highest BCUT2D eigenvalue weighted by molar-refractivity contribution is 7.16. The number of nitrogens with zero attached hydrogens (tertiary/aromatic N) is 5. The first-order chi connectivity index (χ1) is 14.1. The zero-order valence-corrected chi connectivity index (χ0v) is 16.3. The SMILES string of the molecule is C#CN=C(N)c1cnc(-c2ccc(NCC3(c4ncccc4F)CCC3)nn2)s1. The Kier molecular flexibility index (Phi) is 5.18. The first kappa shape index (κ1) is 19.0. The molecule has 3 aromatic heterocycles. The Bertz CT molecular complexity index is 1080. The fourth-order valence-electron chi connectivity index (χ4n) is 3.31. The number of nitrogens with two attached hydrogens (primary N) is 1. The normalized spacial score (nSPS) is 15.4. The van der Waals surface area contributed by atoms with E-state index in [0.717, 1.165) is 19.3 Å². The van der Waals surface area contributed by atoms with Gasteiger partial charge in [0.15, 0.2) is 5.84 Å². The average Bonchev–Trinajstić information content (AvgIpc) is 3.19. The van der Waals surface area contributed by atoms with Crippen LogP contribution in [0.25, 0.3) is 10.7 Å². The Morgan fingerprint density at radius 3 is 2.83 bits per heavy atom. The van der Waals surface area contributed by atoms with Crippen molar-refractivity contribution in [3.63, 3.8) is 0 Å². The molecule has 0 aromatic carbocycles. The second-order valence-corrected chi connectivity index (χ2v) is 7.81. The van der Waals surface area contributed by atoms with Crippen LogP contribution in [0.1, 0.15) is 29.8 Å². The Morgan fingerprint density at radius 2 is 2.17 bits per heavy atom. The molecule has 3 heterocycles. The summed E-state index contributed by atoms with van der Waals surface area (Å²) >= 11 is 1.33. The number of amidine groups is 1. The van der Waals surface area contributed by atoms with Crippen LogP contribution >= 0.6 is 11.3 Å². The molecule has 0 atom stereocenters. The van der Waals surface area contributed by atoms with Gasteiger partial charge in [-0.2, -0.15) is 4.99 Å². The minimum atomic E-state index is -0.302. The Balaban J connectivity index is 1.46. The van der Waals surface area contributed by atoms with Crippen LogP contribution in [0.3, 0.4) is 0 Å². The monoisotopic (exact) mass is 407 g/mol. The van der Waals surface area contributed by atoms with Crippen molar-refractivity contribution in [2.75, 3.05) is 11.9 Å². The van der Waals surface area contributed by atoms with Gasteiger partial charge in [0, 0.05) is 30.4 Å². The van der Waals surface area contributed by atoms with E-state index in [1.165, 1.54) is 17.4 Å². The molecule has 3 N–H and O–H groups in total. The summed E-state index contributed by atoms with van der Waals surface area (Å²) in [7, 11) is 0. The number of rotatable bonds is 6. The van der Waals surface area contributed by atoms with E-state index in [4.69, 9.17) is 12.2 Å². The van der Waals surface area contributed by atoms with Crippen molar-refractivity contribution in [1.82, 2.24) is 20.2 Å². The summed E-state index contributed by atoms with van der Waals surface area (Å²) in [6.45, 7) is 0.551. The van der Waals surface area contributed by atoms with E-state index in [-0.39, 0.29) is 17.1 Å². The molecule has 4 rings (SSSR count). The standard InChI is InChI=1S/C20H18FN7S/c1-2-23-18(22)15-11-25-19(29-15)14-6-7-16(28-27-14)26-12-20(8-4-9-20)17-13(21)5-3-10-24-17/h1,3,5-7,10-11H,4,8-9,12H2,(H2,22,23)(H,26,28). The first-order valence-electron chi connectivity index (χ1n) is 9.05. The number of aliphatic imine (C=N–C) groups is 1. The van der Waals surface area contributed by atoms with Gasteiger partial charge in [-0.05, 0) is 37.1 Å². The third-order valence-corrected chi connectivity index (χ3v) is 6.05. The molecular weight excluding hydrogens is 389 g/mol. The highest BCUT2D eigenvalue weighted by Crippen LogP contribution is 2.43. The number of pyridine rings is 1. The van der Waals surface area contributed by atoms with Crippen molar-refractivity contribution in [3.8, 4) is 23.2 Å². The number of hydrogen-bond acceptors (Lipinski definition) is 7.